The summed E-state index contributed by atoms with van der Waals surface area (Å²) in [6.07, 6.45) is 0.941. The lowest BCUT2D eigenvalue weighted by Gasteiger charge is -2.48. The van der Waals surface area contributed by atoms with Gasteiger partial charge in [-0.3, -0.25) is 4.79 Å². The van der Waals surface area contributed by atoms with Gasteiger partial charge in [-0.2, -0.15) is 0 Å². The van der Waals surface area contributed by atoms with Gasteiger partial charge in [0.2, 0.25) is 5.79 Å². The minimum absolute atomic E-state index is 0.00348. The standard InChI is InChI=1S/C20H24O6/c1-10-5-14-16(23-4)8-17-18(15(22)7-11(2)24-17)19(14)26-20(10)9-13(21)6-12(3)25-20/h7-8,10,12-13,21H,5-6,9H2,1-4H3/t10-,12+,13-,20-/m0/s1. The maximum Gasteiger partial charge on any atom is 0.216 e. The Morgan fingerprint density at radius 3 is 2.77 bits per heavy atom. The second-order valence-corrected chi connectivity index (χ2v) is 7.52. The maximum atomic E-state index is 12.7. The molecule has 1 aromatic carbocycles. The Labute approximate surface area is 151 Å². The van der Waals surface area contributed by atoms with E-state index in [2.05, 4.69) is 0 Å². The van der Waals surface area contributed by atoms with E-state index in [1.807, 2.05) is 13.8 Å². The Balaban J connectivity index is 1.94. The highest BCUT2D eigenvalue weighted by Crippen LogP contribution is 2.48. The highest BCUT2D eigenvalue weighted by atomic mass is 16.7. The van der Waals surface area contributed by atoms with Crippen LogP contribution < -0.4 is 14.9 Å². The molecular weight excluding hydrogens is 336 g/mol. The van der Waals surface area contributed by atoms with Gasteiger partial charge in [-0.15, -0.1) is 0 Å². The van der Waals surface area contributed by atoms with Crippen LogP contribution in [-0.2, 0) is 11.2 Å². The van der Waals surface area contributed by atoms with Crippen LogP contribution in [0.25, 0.3) is 11.0 Å². The van der Waals surface area contributed by atoms with Gasteiger partial charge in [0.25, 0.3) is 0 Å². The third-order valence-corrected chi connectivity index (χ3v) is 5.44. The molecule has 1 spiro atoms. The first-order valence-corrected chi connectivity index (χ1v) is 9.02. The van der Waals surface area contributed by atoms with E-state index in [0.717, 1.165) is 5.56 Å². The fourth-order valence-corrected chi connectivity index (χ4v) is 4.26. The molecule has 1 aromatic heterocycles. The number of fused-ring (bicyclic) bond motifs is 3. The van der Waals surface area contributed by atoms with E-state index in [1.54, 1.807) is 20.1 Å². The van der Waals surface area contributed by atoms with Crippen molar-refractivity contribution >= 4 is 11.0 Å². The van der Waals surface area contributed by atoms with Crippen molar-refractivity contribution in [1.82, 2.24) is 0 Å². The fraction of sp³-hybridized carbons (Fsp3) is 0.550. The van der Waals surface area contributed by atoms with Gasteiger partial charge in [-0.1, -0.05) is 6.92 Å². The van der Waals surface area contributed by atoms with Crippen molar-refractivity contribution in [2.75, 3.05) is 7.11 Å². The molecule has 0 aliphatic carbocycles. The van der Waals surface area contributed by atoms with Gasteiger partial charge in [0.15, 0.2) is 5.43 Å². The molecular formula is C20H24O6. The van der Waals surface area contributed by atoms with Crippen molar-refractivity contribution in [2.24, 2.45) is 5.92 Å². The second-order valence-electron chi connectivity index (χ2n) is 7.52. The first kappa shape index (κ1) is 17.4. The number of hydrogen-bond donors (Lipinski definition) is 1. The summed E-state index contributed by atoms with van der Waals surface area (Å²) in [5, 5.41) is 10.7. The van der Waals surface area contributed by atoms with Crippen LogP contribution in [-0.4, -0.2) is 30.2 Å². The topological polar surface area (TPSA) is 78.1 Å². The third kappa shape index (κ3) is 2.59. The summed E-state index contributed by atoms with van der Waals surface area (Å²) in [5.41, 5.74) is 1.11. The highest BCUT2D eigenvalue weighted by Gasteiger charge is 2.50. The van der Waals surface area contributed by atoms with Crippen LogP contribution in [0.1, 0.15) is 38.0 Å². The average Bonchev–Trinajstić information content (AvgIpc) is 2.54. The van der Waals surface area contributed by atoms with Crippen molar-refractivity contribution in [1.29, 1.82) is 0 Å². The zero-order valence-corrected chi connectivity index (χ0v) is 15.5. The molecule has 2 aromatic rings. The predicted octanol–water partition coefficient (Wildman–Crippen LogP) is 2.94. The molecule has 6 heteroatoms. The van der Waals surface area contributed by atoms with Gasteiger partial charge in [-0.05, 0) is 26.7 Å². The molecule has 0 radical (unpaired) electrons. The SMILES string of the molecule is COc1cc2oc(C)cc(=O)c2c2c1C[C@H](C)[C@]1(C[C@@H](O)C[C@@H](C)O1)O2. The van der Waals surface area contributed by atoms with E-state index in [-0.39, 0.29) is 17.5 Å². The van der Waals surface area contributed by atoms with Crippen molar-refractivity contribution in [2.45, 2.75) is 58.0 Å². The normalized spacial score (nSPS) is 30.9. The summed E-state index contributed by atoms with van der Waals surface area (Å²) in [5.74, 6) is 0.651. The molecule has 4 atom stereocenters. The van der Waals surface area contributed by atoms with E-state index in [0.29, 0.717) is 47.5 Å². The summed E-state index contributed by atoms with van der Waals surface area (Å²) in [7, 11) is 1.59. The molecule has 26 heavy (non-hydrogen) atoms. The molecule has 1 saturated heterocycles. The zero-order chi connectivity index (χ0) is 18.6. The Kier molecular flexibility index (Phi) is 4.00. The molecule has 2 aliphatic rings. The fourth-order valence-electron chi connectivity index (χ4n) is 4.26. The Morgan fingerprint density at radius 1 is 1.31 bits per heavy atom. The van der Waals surface area contributed by atoms with Gasteiger partial charge in [-0.25, -0.2) is 0 Å². The average molecular weight is 360 g/mol. The lowest BCUT2D eigenvalue weighted by molar-refractivity contribution is -0.280. The largest absolute Gasteiger partial charge is 0.496 e. The van der Waals surface area contributed by atoms with Crippen LogP contribution >= 0.6 is 0 Å². The number of aliphatic hydroxyl groups is 1. The number of methoxy groups -OCH3 is 1. The molecule has 3 heterocycles. The maximum absolute atomic E-state index is 12.7. The van der Waals surface area contributed by atoms with Gasteiger partial charge in [0.1, 0.15) is 28.2 Å². The van der Waals surface area contributed by atoms with Crippen LogP contribution in [0.3, 0.4) is 0 Å². The van der Waals surface area contributed by atoms with Crippen molar-refractivity contribution in [3.8, 4) is 11.5 Å². The third-order valence-electron chi connectivity index (χ3n) is 5.44. The van der Waals surface area contributed by atoms with Crippen molar-refractivity contribution < 1.29 is 23.7 Å². The number of ether oxygens (including phenoxy) is 3. The molecule has 2 aliphatic heterocycles. The Hall–Kier alpha value is -2.05. The lowest BCUT2D eigenvalue weighted by Crippen LogP contribution is -2.56. The molecule has 0 bridgehead atoms. The summed E-state index contributed by atoms with van der Waals surface area (Å²) in [4.78, 5) is 12.7. The summed E-state index contributed by atoms with van der Waals surface area (Å²) < 4.78 is 23.8. The van der Waals surface area contributed by atoms with E-state index in [4.69, 9.17) is 18.6 Å². The zero-order valence-electron chi connectivity index (χ0n) is 15.5. The van der Waals surface area contributed by atoms with E-state index in [1.165, 1.54) is 6.07 Å². The van der Waals surface area contributed by atoms with Crippen LogP contribution in [0.2, 0.25) is 0 Å². The van der Waals surface area contributed by atoms with Crippen LogP contribution in [0.15, 0.2) is 21.3 Å². The lowest BCUT2D eigenvalue weighted by atomic mass is 9.82. The number of hydrogen-bond acceptors (Lipinski definition) is 6. The quantitative estimate of drug-likeness (QED) is 0.842. The van der Waals surface area contributed by atoms with Crippen LogP contribution in [0.5, 0.6) is 11.5 Å². The summed E-state index contributed by atoms with van der Waals surface area (Å²) in [6, 6.07) is 3.21. The van der Waals surface area contributed by atoms with E-state index >= 15 is 0 Å². The summed E-state index contributed by atoms with van der Waals surface area (Å²) in [6.45, 7) is 5.70. The molecule has 0 amide bonds. The molecule has 0 unspecified atom stereocenters. The summed E-state index contributed by atoms with van der Waals surface area (Å²) >= 11 is 0. The molecule has 6 nitrogen and oxygen atoms in total. The predicted molar refractivity (Wildman–Crippen MR) is 95.8 cm³/mol. The number of benzene rings is 1. The van der Waals surface area contributed by atoms with E-state index in [9.17, 15) is 9.90 Å². The Morgan fingerprint density at radius 2 is 2.08 bits per heavy atom. The monoisotopic (exact) mass is 360 g/mol. The number of rotatable bonds is 1. The molecule has 140 valence electrons. The van der Waals surface area contributed by atoms with Gasteiger partial charge >= 0.3 is 0 Å². The molecule has 4 rings (SSSR count). The number of aryl methyl sites for hydroxylation is 1. The molecule has 1 N–H and O–H groups in total. The Bertz CT molecular complexity index is 905. The first-order chi connectivity index (χ1) is 12.3. The van der Waals surface area contributed by atoms with Gasteiger partial charge in [0.05, 0.1) is 19.3 Å². The van der Waals surface area contributed by atoms with Crippen LogP contribution in [0, 0.1) is 12.8 Å². The van der Waals surface area contributed by atoms with Crippen molar-refractivity contribution in [3.63, 3.8) is 0 Å². The highest BCUT2D eigenvalue weighted by molar-refractivity contribution is 5.87. The molecule has 1 fully saturated rings. The second kappa shape index (κ2) is 5.99. The first-order valence-electron chi connectivity index (χ1n) is 9.02. The smallest absolute Gasteiger partial charge is 0.216 e. The van der Waals surface area contributed by atoms with Gasteiger partial charge in [0, 0.05) is 30.0 Å². The van der Waals surface area contributed by atoms with Gasteiger partial charge < -0.3 is 23.7 Å². The number of aliphatic hydroxyl groups excluding tert-OH is 1. The van der Waals surface area contributed by atoms with Crippen LogP contribution in [0.4, 0.5) is 0 Å². The minimum atomic E-state index is -0.958. The van der Waals surface area contributed by atoms with E-state index < -0.39 is 11.9 Å². The van der Waals surface area contributed by atoms with Crippen molar-refractivity contribution in [3.05, 3.63) is 33.7 Å². The molecule has 0 saturated carbocycles. The minimum Gasteiger partial charge on any atom is -0.496 e.